The molecule has 0 bridgehead atoms. The Morgan fingerprint density at radius 1 is 1.45 bits per heavy atom. The standard InChI is InChI=1S/C14H17N5O/c1-11-9-15-5-7-19(11)14(20)12-2-3-17-13(8-12)18-6-4-16-10-18/h2-4,6,8,10-11,15H,5,7,9H2,1H3. The van der Waals surface area contributed by atoms with Gasteiger partial charge in [0.1, 0.15) is 12.1 Å². The molecule has 0 saturated carbocycles. The third kappa shape index (κ3) is 2.42. The summed E-state index contributed by atoms with van der Waals surface area (Å²) in [5.41, 5.74) is 0.664. The number of carbonyl (C=O) groups excluding carboxylic acids is 1. The highest BCUT2D eigenvalue weighted by atomic mass is 16.2. The third-order valence-electron chi connectivity index (χ3n) is 3.52. The van der Waals surface area contributed by atoms with Crippen LogP contribution in [0.25, 0.3) is 5.82 Å². The van der Waals surface area contributed by atoms with Crippen molar-refractivity contribution < 1.29 is 4.79 Å². The summed E-state index contributed by atoms with van der Waals surface area (Å²) in [6, 6.07) is 3.78. The maximum Gasteiger partial charge on any atom is 0.254 e. The number of aromatic nitrogens is 3. The minimum Gasteiger partial charge on any atom is -0.333 e. The van der Waals surface area contributed by atoms with Gasteiger partial charge in [-0.05, 0) is 19.1 Å². The Labute approximate surface area is 117 Å². The number of pyridine rings is 1. The number of nitrogens with one attached hydrogen (secondary N) is 1. The molecule has 20 heavy (non-hydrogen) atoms. The normalized spacial score (nSPS) is 19.1. The molecule has 3 rings (SSSR count). The van der Waals surface area contributed by atoms with E-state index in [0.717, 1.165) is 19.6 Å². The molecular formula is C14H17N5O. The Balaban J connectivity index is 1.86. The molecule has 1 aliphatic rings. The van der Waals surface area contributed by atoms with E-state index in [1.807, 2.05) is 11.1 Å². The van der Waals surface area contributed by atoms with Gasteiger partial charge in [-0.15, -0.1) is 0 Å². The van der Waals surface area contributed by atoms with Crippen molar-refractivity contribution in [3.63, 3.8) is 0 Å². The van der Waals surface area contributed by atoms with Crippen molar-refractivity contribution in [3.05, 3.63) is 42.6 Å². The van der Waals surface area contributed by atoms with Crippen molar-refractivity contribution in [3.8, 4) is 5.82 Å². The summed E-state index contributed by atoms with van der Waals surface area (Å²) in [7, 11) is 0. The highest BCUT2D eigenvalue weighted by Crippen LogP contribution is 2.12. The van der Waals surface area contributed by atoms with Crippen molar-refractivity contribution in [2.24, 2.45) is 0 Å². The van der Waals surface area contributed by atoms with E-state index in [-0.39, 0.29) is 11.9 Å². The van der Waals surface area contributed by atoms with Crippen molar-refractivity contribution in [2.45, 2.75) is 13.0 Å². The molecule has 0 spiro atoms. The predicted octanol–water partition coefficient (Wildman–Crippen LogP) is 0.701. The van der Waals surface area contributed by atoms with Crippen LogP contribution in [0.3, 0.4) is 0 Å². The molecular weight excluding hydrogens is 254 g/mol. The number of carbonyl (C=O) groups is 1. The summed E-state index contributed by atoms with van der Waals surface area (Å²) in [6.45, 7) is 4.48. The van der Waals surface area contributed by atoms with Gasteiger partial charge in [0.05, 0.1) is 0 Å². The largest absolute Gasteiger partial charge is 0.333 e. The second-order valence-electron chi connectivity index (χ2n) is 4.92. The third-order valence-corrected chi connectivity index (χ3v) is 3.52. The zero-order valence-corrected chi connectivity index (χ0v) is 11.4. The molecule has 1 fully saturated rings. The summed E-state index contributed by atoms with van der Waals surface area (Å²) >= 11 is 0. The average Bonchev–Trinajstić information content (AvgIpc) is 3.01. The fraction of sp³-hybridized carbons (Fsp3) is 0.357. The van der Waals surface area contributed by atoms with E-state index in [1.54, 1.807) is 35.4 Å². The molecule has 0 radical (unpaired) electrons. The van der Waals surface area contributed by atoms with Gasteiger partial charge in [-0.1, -0.05) is 0 Å². The Morgan fingerprint density at radius 3 is 3.10 bits per heavy atom. The Morgan fingerprint density at radius 2 is 2.35 bits per heavy atom. The topological polar surface area (TPSA) is 63.1 Å². The maximum absolute atomic E-state index is 12.6. The van der Waals surface area contributed by atoms with Crippen LogP contribution < -0.4 is 5.32 Å². The summed E-state index contributed by atoms with van der Waals surface area (Å²) < 4.78 is 1.79. The first-order chi connectivity index (χ1) is 9.75. The van der Waals surface area contributed by atoms with Crippen LogP contribution in [0.15, 0.2) is 37.1 Å². The molecule has 1 atom stereocenters. The first-order valence-electron chi connectivity index (χ1n) is 6.72. The fourth-order valence-corrected chi connectivity index (χ4v) is 2.40. The molecule has 6 nitrogen and oxygen atoms in total. The summed E-state index contributed by atoms with van der Waals surface area (Å²) in [6.07, 6.45) is 6.83. The highest BCUT2D eigenvalue weighted by molar-refractivity contribution is 5.94. The van der Waals surface area contributed by atoms with Crippen molar-refractivity contribution in [1.29, 1.82) is 0 Å². The molecule has 1 aliphatic heterocycles. The number of imidazole rings is 1. The molecule has 0 aliphatic carbocycles. The SMILES string of the molecule is CC1CNCCN1C(=O)c1ccnc(-n2ccnc2)c1. The van der Waals surface area contributed by atoms with Gasteiger partial charge in [-0.2, -0.15) is 0 Å². The van der Waals surface area contributed by atoms with E-state index in [2.05, 4.69) is 22.2 Å². The van der Waals surface area contributed by atoms with Gasteiger partial charge in [0, 0.05) is 49.8 Å². The maximum atomic E-state index is 12.6. The zero-order valence-electron chi connectivity index (χ0n) is 11.4. The van der Waals surface area contributed by atoms with Crippen LogP contribution in [-0.4, -0.2) is 51.0 Å². The lowest BCUT2D eigenvalue weighted by molar-refractivity contribution is 0.0655. The van der Waals surface area contributed by atoms with Gasteiger partial charge in [-0.3, -0.25) is 9.36 Å². The second-order valence-corrected chi connectivity index (χ2v) is 4.92. The van der Waals surface area contributed by atoms with Crippen LogP contribution in [0.4, 0.5) is 0 Å². The minimum atomic E-state index is 0.0581. The van der Waals surface area contributed by atoms with E-state index >= 15 is 0 Å². The number of hydrogen-bond donors (Lipinski definition) is 1. The number of nitrogens with zero attached hydrogens (tertiary/aromatic N) is 4. The van der Waals surface area contributed by atoms with Crippen LogP contribution in [0.2, 0.25) is 0 Å². The van der Waals surface area contributed by atoms with Gasteiger partial charge in [0.15, 0.2) is 0 Å². The summed E-state index contributed by atoms with van der Waals surface area (Å²) in [5.74, 6) is 0.763. The Hall–Kier alpha value is -2.21. The molecule has 1 N–H and O–H groups in total. The van der Waals surface area contributed by atoms with E-state index in [4.69, 9.17) is 0 Å². The van der Waals surface area contributed by atoms with E-state index in [0.29, 0.717) is 11.4 Å². The molecule has 1 unspecified atom stereocenters. The first kappa shape index (κ1) is 12.8. The van der Waals surface area contributed by atoms with Gasteiger partial charge in [0.2, 0.25) is 0 Å². The van der Waals surface area contributed by atoms with Crippen molar-refractivity contribution in [2.75, 3.05) is 19.6 Å². The predicted molar refractivity (Wildman–Crippen MR) is 74.7 cm³/mol. The van der Waals surface area contributed by atoms with Gasteiger partial charge in [-0.25, -0.2) is 9.97 Å². The van der Waals surface area contributed by atoms with Crippen molar-refractivity contribution in [1.82, 2.24) is 24.8 Å². The van der Waals surface area contributed by atoms with E-state index in [9.17, 15) is 4.79 Å². The molecule has 2 aromatic rings. The fourth-order valence-electron chi connectivity index (χ4n) is 2.40. The van der Waals surface area contributed by atoms with Gasteiger partial charge in [0.25, 0.3) is 5.91 Å². The quantitative estimate of drug-likeness (QED) is 0.873. The van der Waals surface area contributed by atoms with Crippen LogP contribution >= 0.6 is 0 Å². The molecule has 0 aromatic carbocycles. The smallest absolute Gasteiger partial charge is 0.254 e. The monoisotopic (exact) mass is 271 g/mol. The molecule has 1 amide bonds. The van der Waals surface area contributed by atoms with Crippen molar-refractivity contribution >= 4 is 5.91 Å². The Kier molecular flexibility index (Phi) is 3.47. The zero-order chi connectivity index (χ0) is 13.9. The van der Waals surface area contributed by atoms with Gasteiger partial charge >= 0.3 is 0 Å². The molecule has 3 heterocycles. The minimum absolute atomic E-state index is 0.0581. The van der Waals surface area contributed by atoms with E-state index < -0.39 is 0 Å². The molecule has 1 saturated heterocycles. The van der Waals surface area contributed by atoms with Crippen LogP contribution in [0, 0.1) is 0 Å². The molecule has 104 valence electrons. The first-order valence-corrected chi connectivity index (χ1v) is 6.72. The number of amides is 1. The lowest BCUT2D eigenvalue weighted by Gasteiger charge is -2.34. The lowest BCUT2D eigenvalue weighted by atomic mass is 10.1. The molecule has 6 heteroatoms. The number of rotatable bonds is 2. The second kappa shape index (κ2) is 5.42. The number of piperazine rings is 1. The van der Waals surface area contributed by atoms with Crippen LogP contribution in [0.5, 0.6) is 0 Å². The highest BCUT2D eigenvalue weighted by Gasteiger charge is 2.24. The number of hydrogen-bond acceptors (Lipinski definition) is 4. The average molecular weight is 271 g/mol. The lowest BCUT2D eigenvalue weighted by Crippen LogP contribution is -2.52. The van der Waals surface area contributed by atoms with Crippen LogP contribution in [0.1, 0.15) is 17.3 Å². The van der Waals surface area contributed by atoms with Gasteiger partial charge < -0.3 is 10.2 Å². The molecule has 2 aromatic heterocycles. The summed E-state index contributed by atoms with van der Waals surface area (Å²) in [4.78, 5) is 22.7. The Bertz CT molecular complexity index is 595. The van der Waals surface area contributed by atoms with Crippen LogP contribution in [-0.2, 0) is 0 Å². The summed E-state index contributed by atoms with van der Waals surface area (Å²) in [5, 5.41) is 3.29. The van der Waals surface area contributed by atoms with E-state index in [1.165, 1.54) is 0 Å².